The second-order valence-electron chi connectivity index (χ2n) is 2.93. The Balaban J connectivity index is 2.33. The van der Waals surface area contributed by atoms with Gasteiger partial charge in [-0.3, -0.25) is 4.68 Å². The minimum Gasteiger partial charge on any atom is -0.318 e. The van der Waals surface area contributed by atoms with E-state index >= 15 is 0 Å². The lowest BCUT2D eigenvalue weighted by atomic mass is 10.2. The van der Waals surface area contributed by atoms with Crippen LogP contribution in [-0.4, -0.2) is 15.0 Å². The minimum atomic E-state index is -0.524. The lowest BCUT2D eigenvalue weighted by molar-refractivity contribution is 0.607. The lowest BCUT2D eigenvalue weighted by Gasteiger charge is -2.04. The molecule has 0 bridgehead atoms. The molecule has 0 saturated carbocycles. The van der Waals surface area contributed by atoms with Crippen molar-refractivity contribution < 1.29 is 4.39 Å². The summed E-state index contributed by atoms with van der Waals surface area (Å²) in [5, 5.41) is 9.25. The van der Waals surface area contributed by atoms with E-state index in [2.05, 4.69) is 10.3 Å². The molecule has 0 radical (unpaired) electrons. The average molecular weight is 212 g/mol. The lowest BCUT2D eigenvalue weighted by Crippen LogP contribution is -2.12. The van der Waals surface area contributed by atoms with Crippen molar-refractivity contribution in [2.45, 2.75) is 6.04 Å². The molecule has 0 fully saturated rings. The fraction of sp³-hybridized carbons (Fsp3) is 0.250. The van der Waals surface area contributed by atoms with Crippen molar-refractivity contribution in [3.05, 3.63) is 34.0 Å². The summed E-state index contributed by atoms with van der Waals surface area (Å²) in [7, 11) is 1.74. The summed E-state index contributed by atoms with van der Waals surface area (Å²) in [6, 6.07) is 0.875. The third-order valence-corrected chi connectivity index (χ3v) is 2.84. The molecule has 2 heterocycles. The Labute approximate surface area is 84.2 Å². The maximum atomic E-state index is 13.2. The van der Waals surface area contributed by atoms with Gasteiger partial charge in [0.15, 0.2) is 0 Å². The van der Waals surface area contributed by atoms with Crippen LogP contribution in [0.4, 0.5) is 4.39 Å². The summed E-state index contributed by atoms with van der Waals surface area (Å²) >= 11 is 1.28. The molecule has 1 unspecified atom stereocenters. The van der Waals surface area contributed by atoms with Gasteiger partial charge >= 0.3 is 0 Å². The average Bonchev–Trinajstić information content (AvgIpc) is 2.73. The van der Waals surface area contributed by atoms with Crippen molar-refractivity contribution in [3.8, 4) is 0 Å². The van der Waals surface area contributed by atoms with Gasteiger partial charge in [0.1, 0.15) is 11.5 Å². The Bertz CT molecular complexity index is 436. The molecule has 0 saturated heterocycles. The van der Waals surface area contributed by atoms with E-state index in [9.17, 15) is 4.39 Å². The Morgan fingerprint density at radius 1 is 1.64 bits per heavy atom. The predicted octanol–water partition coefficient (Wildman–Crippen LogP) is 1.06. The van der Waals surface area contributed by atoms with Crippen LogP contribution in [0, 0.1) is 5.82 Å². The molecule has 0 aliphatic carbocycles. The number of nitrogens with two attached hydrogens (primary N) is 1. The van der Waals surface area contributed by atoms with Gasteiger partial charge in [-0.25, -0.2) is 4.39 Å². The minimum absolute atomic E-state index is 0.284. The standard InChI is InChI=1S/C8H9FN4S/c1-13-4-6(11-12-13)7(10)8-5(9)2-3-14-8/h2-4,7H,10H2,1H3. The van der Waals surface area contributed by atoms with Gasteiger partial charge in [-0.05, 0) is 11.4 Å². The van der Waals surface area contributed by atoms with Crippen molar-refractivity contribution in [1.29, 1.82) is 0 Å². The summed E-state index contributed by atoms with van der Waals surface area (Å²) in [5.74, 6) is -0.284. The Morgan fingerprint density at radius 2 is 2.43 bits per heavy atom. The summed E-state index contributed by atoms with van der Waals surface area (Å²) in [4.78, 5) is 0.491. The van der Waals surface area contributed by atoms with E-state index < -0.39 is 6.04 Å². The number of aryl methyl sites for hydroxylation is 1. The van der Waals surface area contributed by atoms with E-state index in [1.807, 2.05) is 0 Å². The van der Waals surface area contributed by atoms with Crippen molar-refractivity contribution >= 4 is 11.3 Å². The zero-order valence-electron chi connectivity index (χ0n) is 7.51. The van der Waals surface area contributed by atoms with Crippen molar-refractivity contribution in [1.82, 2.24) is 15.0 Å². The van der Waals surface area contributed by atoms with Crippen LogP contribution >= 0.6 is 11.3 Å². The number of halogens is 1. The van der Waals surface area contributed by atoms with Gasteiger partial charge in [-0.2, -0.15) is 0 Å². The van der Waals surface area contributed by atoms with Gasteiger partial charge in [0.25, 0.3) is 0 Å². The van der Waals surface area contributed by atoms with E-state index in [-0.39, 0.29) is 5.82 Å². The highest BCUT2D eigenvalue weighted by atomic mass is 32.1. The van der Waals surface area contributed by atoms with Crippen molar-refractivity contribution in [3.63, 3.8) is 0 Å². The van der Waals surface area contributed by atoms with Gasteiger partial charge < -0.3 is 5.73 Å². The first kappa shape index (κ1) is 9.29. The highest BCUT2D eigenvalue weighted by molar-refractivity contribution is 7.10. The van der Waals surface area contributed by atoms with E-state index in [1.54, 1.807) is 23.3 Å². The monoisotopic (exact) mass is 212 g/mol. The van der Waals surface area contributed by atoms with Crippen molar-refractivity contribution in [2.24, 2.45) is 12.8 Å². The van der Waals surface area contributed by atoms with Gasteiger partial charge in [0.2, 0.25) is 0 Å². The second kappa shape index (κ2) is 3.47. The summed E-state index contributed by atoms with van der Waals surface area (Å²) in [6.45, 7) is 0. The molecule has 4 nitrogen and oxygen atoms in total. The number of hydrogen-bond donors (Lipinski definition) is 1. The molecule has 0 aliphatic heterocycles. The first-order chi connectivity index (χ1) is 6.68. The molecule has 74 valence electrons. The fourth-order valence-electron chi connectivity index (χ4n) is 1.17. The molecular formula is C8H9FN4S. The summed E-state index contributed by atoms with van der Waals surface area (Å²) in [5.41, 5.74) is 6.41. The molecular weight excluding hydrogens is 203 g/mol. The largest absolute Gasteiger partial charge is 0.318 e. The first-order valence-electron chi connectivity index (χ1n) is 4.03. The number of aromatic nitrogens is 3. The molecule has 2 aromatic heterocycles. The van der Waals surface area contributed by atoms with Gasteiger partial charge in [-0.15, -0.1) is 16.4 Å². The zero-order valence-corrected chi connectivity index (χ0v) is 8.33. The molecule has 0 aromatic carbocycles. The number of nitrogens with zero attached hydrogens (tertiary/aromatic N) is 3. The van der Waals surface area contributed by atoms with Crippen LogP contribution in [0.2, 0.25) is 0 Å². The van der Waals surface area contributed by atoms with Crippen LogP contribution in [0.3, 0.4) is 0 Å². The third kappa shape index (κ3) is 1.53. The zero-order chi connectivity index (χ0) is 10.1. The molecule has 0 amide bonds. The van der Waals surface area contributed by atoms with E-state index in [0.29, 0.717) is 10.6 Å². The first-order valence-corrected chi connectivity index (χ1v) is 4.91. The van der Waals surface area contributed by atoms with Crippen LogP contribution in [-0.2, 0) is 7.05 Å². The SMILES string of the molecule is Cn1cc(C(N)c2sccc2F)nn1. The normalized spacial score (nSPS) is 13.1. The van der Waals surface area contributed by atoms with E-state index in [4.69, 9.17) is 5.73 Å². The van der Waals surface area contributed by atoms with Gasteiger partial charge in [-0.1, -0.05) is 5.21 Å². The van der Waals surface area contributed by atoms with Crippen LogP contribution in [0.5, 0.6) is 0 Å². The molecule has 6 heteroatoms. The molecule has 14 heavy (non-hydrogen) atoms. The maximum Gasteiger partial charge on any atom is 0.139 e. The Kier molecular flexibility index (Phi) is 2.30. The molecule has 2 N–H and O–H groups in total. The molecule has 2 rings (SSSR count). The summed E-state index contributed by atoms with van der Waals surface area (Å²) in [6.07, 6.45) is 1.68. The molecule has 2 aromatic rings. The highest BCUT2D eigenvalue weighted by Gasteiger charge is 2.17. The second-order valence-corrected chi connectivity index (χ2v) is 3.88. The van der Waals surface area contributed by atoms with Crippen LogP contribution in [0.15, 0.2) is 17.6 Å². The molecule has 1 atom stereocenters. The van der Waals surface area contributed by atoms with E-state index in [0.717, 1.165) is 0 Å². The Morgan fingerprint density at radius 3 is 2.93 bits per heavy atom. The topological polar surface area (TPSA) is 56.7 Å². The molecule has 0 aliphatic rings. The van der Waals surface area contributed by atoms with Crippen LogP contribution in [0.25, 0.3) is 0 Å². The highest BCUT2D eigenvalue weighted by Crippen LogP contribution is 2.25. The Hall–Kier alpha value is -1.27. The number of hydrogen-bond acceptors (Lipinski definition) is 4. The third-order valence-electron chi connectivity index (χ3n) is 1.87. The number of thiophene rings is 1. The van der Waals surface area contributed by atoms with Gasteiger partial charge in [0, 0.05) is 7.05 Å². The van der Waals surface area contributed by atoms with Crippen molar-refractivity contribution in [2.75, 3.05) is 0 Å². The predicted molar refractivity (Wildman–Crippen MR) is 51.3 cm³/mol. The fourth-order valence-corrected chi connectivity index (χ4v) is 1.95. The summed E-state index contributed by atoms with van der Waals surface area (Å²) < 4.78 is 14.7. The van der Waals surface area contributed by atoms with Crippen LogP contribution < -0.4 is 5.73 Å². The van der Waals surface area contributed by atoms with Crippen LogP contribution in [0.1, 0.15) is 16.6 Å². The van der Waals surface area contributed by atoms with Gasteiger partial charge in [0.05, 0.1) is 17.1 Å². The molecule has 0 spiro atoms. The smallest absolute Gasteiger partial charge is 0.139 e. The maximum absolute atomic E-state index is 13.2. The number of rotatable bonds is 2. The quantitative estimate of drug-likeness (QED) is 0.810. The van der Waals surface area contributed by atoms with E-state index in [1.165, 1.54) is 17.4 Å².